The van der Waals surface area contributed by atoms with Crippen molar-refractivity contribution in [3.8, 4) is 0 Å². The number of hydrogen-bond donors (Lipinski definition) is 2. The Hall–Kier alpha value is -0.870. The van der Waals surface area contributed by atoms with E-state index in [4.69, 9.17) is 0 Å². The Morgan fingerprint density at radius 3 is 2.78 bits per heavy atom. The zero-order valence-corrected chi connectivity index (χ0v) is 11.5. The number of carbonyl (C=O) groups excluding carboxylic acids is 1. The summed E-state index contributed by atoms with van der Waals surface area (Å²) in [5.74, 6) is 0.168. The maximum absolute atomic E-state index is 12.2. The smallest absolute Gasteiger partial charge is 0.228 e. The lowest BCUT2D eigenvalue weighted by molar-refractivity contribution is -0.123. The molecule has 1 aromatic rings. The topological polar surface area (TPSA) is 41.1 Å². The first kappa shape index (κ1) is 12.2. The van der Waals surface area contributed by atoms with Crippen molar-refractivity contribution in [2.24, 2.45) is 0 Å². The van der Waals surface area contributed by atoms with E-state index in [0.29, 0.717) is 18.1 Å². The molecule has 0 aromatic carbocycles. The van der Waals surface area contributed by atoms with E-state index in [2.05, 4.69) is 10.6 Å². The molecule has 1 aromatic heterocycles. The molecule has 3 heterocycles. The highest BCUT2D eigenvalue weighted by Crippen LogP contribution is 2.27. The summed E-state index contributed by atoms with van der Waals surface area (Å²) in [6.07, 6.45) is 4.74. The summed E-state index contributed by atoms with van der Waals surface area (Å²) in [4.78, 5) is 13.4. The van der Waals surface area contributed by atoms with Crippen LogP contribution < -0.4 is 10.6 Å². The number of nitrogens with one attached hydrogen (secondary N) is 2. The van der Waals surface area contributed by atoms with Crippen molar-refractivity contribution in [1.82, 2.24) is 10.6 Å². The lowest BCUT2D eigenvalue weighted by Gasteiger charge is -2.30. The summed E-state index contributed by atoms with van der Waals surface area (Å²) in [7, 11) is 0. The second-order valence-corrected chi connectivity index (χ2v) is 6.53. The molecule has 0 aliphatic carbocycles. The Balaban J connectivity index is 1.58. The Labute approximate surface area is 112 Å². The van der Waals surface area contributed by atoms with Gasteiger partial charge in [-0.05, 0) is 44.1 Å². The number of amides is 1. The lowest BCUT2D eigenvalue weighted by Crippen LogP contribution is -2.48. The molecule has 3 nitrogen and oxygen atoms in total. The molecule has 4 heteroatoms. The maximum atomic E-state index is 12.2. The summed E-state index contributed by atoms with van der Waals surface area (Å²) < 4.78 is 0. The molecule has 2 N–H and O–H groups in total. The van der Waals surface area contributed by atoms with Crippen molar-refractivity contribution in [2.45, 2.75) is 56.7 Å². The Bertz CT molecular complexity index is 405. The van der Waals surface area contributed by atoms with Crippen molar-refractivity contribution in [2.75, 3.05) is 0 Å². The largest absolute Gasteiger partial charge is 0.353 e. The van der Waals surface area contributed by atoms with E-state index in [9.17, 15) is 4.79 Å². The molecule has 3 rings (SSSR count). The highest BCUT2D eigenvalue weighted by Gasteiger charge is 2.34. The molecule has 18 heavy (non-hydrogen) atoms. The van der Waals surface area contributed by atoms with Crippen LogP contribution in [0.5, 0.6) is 0 Å². The van der Waals surface area contributed by atoms with E-state index in [1.165, 1.54) is 12.8 Å². The molecule has 2 saturated heterocycles. The minimum atomic E-state index is -0.0162. The lowest BCUT2D eigenvalue weighted by atomic mass is 9.98. The highest BCUT2D eigenvalue weighted by atomic mass is 32.1. The van der Waals surface area contributed by atoms with E-state index in [-0.39, 0.29) is 11.8 Å². The van der Waals surface area contributed by atoms with Crippen LogP contribution in [-0.2, 0) is 4.79 Å². The average molecular weight is 264 g/mol. The van der Waals surface area contributed by atoms with E-state index in [0.717, 1.165) is 17.7 Å². The predicted molar refractivity (Wildman–Crippen MR) is 73.8 cm³/mol. The molecule has 0 spiro atoms. The van der Waals surface area contributed by atoms with Crippen LogP contribution in [0.1, 0.15) is 43.4 Å². The number of rotatable bonds is 3. The fraction of sp³-hybridized carbons (Fsp3) is 0.643. The third-order valence-corrected chi connectivity index (χ3v) is 5.24. The summed E-state index contributed by atoms with van der Waals surface area (Å²) in [5.41, 5.74) is 0. The van der Waals surface area contributed by atoms with Crippen molar-refractivity contribution >= 4 is 17.2 Å². The maximum Gasteiger partial charge on any atom is 0.228 e. The van der Waals surface area contributed by atoms with Crippen LogP contribution in [0, 0.1) is 0 Å². The molecule has 2 aliphatic heterocycles. The van der Waals surface area contributed by atoms with Gasteiger partial charge in [-0.25, -0.2) is 0 Å². The molecule has 0 radical (unpaired) electrons. The Morgan fingerprint density at radius 1 is 1.44 bits per heavy atom. The number of thiophene rings is 1. The van der Waals surface area contributed by atoms with Crippen LogP contribution in [0.2, 0.25) is 0 Å². The van der Waals surface area contributed by atoms with Crippen LogP contribution in [0.15, 0.2) is 17.5 Å². The molecule has 0 saturated carbocycles. The second kappa shape index (κ2) is 5.02. The molecule has 3 unspecified atom stereocenters. The van der Waals surface area contributed by atoms with E-state index in [1.807, 2.05) is 24.4 Å². The van der Waals surface area contributed by atoms with Crippen molar-refractivity contribution in [3.05, 3.63) is 22.4 Å². The standard InChI is InChI=1S/C14H20N2OS/c1-9(13-3-2-6-18-13)14(17)16-12-7-10-4-5-11(8-12)15-10/h2-3,6,9-12,15H,4-5,7-8H2,1H3,(H,16,17). The summed E-state index contributed by atoms with van der Waals surface area (Å²) in [6.45, 7) is 2.00. The Kier molecular flexibility index (Phi) is 3.39. The number of piperidine rings is 1. The number of fused-ring (bicyclic) bond motifs is 2. The highest BCUT2D eigenvalue weighted by molar-refractivity contribution is 7.10. The van der Waals surface area contributed by atoms with Crippen LogP contribution >= 0.6 is 11.3 Å². The molecular formula is C14H20N2OS. The van der Waals surface area contributed by atoms with Crippen LogP contribution in [0.4, 0.5) is 0 Å². The first-order valence-corrected chi connectivity index (χ1v) is 7.70. The van der Waals surface area contributed by atoms with Gasteiger partial charge in [-0.15, -0.1) is 11.3 Å². The third kappa shape index (κ3) is 2.45. The number of hydrogen-bond acceptors (Lipinski definition) is 3. The zero-order valence-electron chi connectivity index (χ0n) is 10.7. The van der Waals surface area contributed by atoms with Crippen molar-refractivity contribution in [1.29, 1.82) is 0 Å². The molecule has 2 aliphatic rings. The van der Waals surface area contributed by atoms with Crippen molar-refractivity contribution < 1.29 is 4.79 Å². The molecule has 98 valence electrons. The predicted octanol–water partition coefficient (Wildman–Crippen LogP) is 2.25. The van der Waals surface area contributed by atoms with E-state index < -0.39 is 0 Å². The van der Waals surface area contributed by atoms with E-state index in [1.54, 1.807) is 11.3 Å². The summed E-state index contributed by atoms with van der Waals surface area (Å²) in [6, 6.07) is 5.69. The van der Waals surface area contributed by atoms with Gasteiger partial charge in [0.1, 0.15) is 0 Å². The number of carbonyl (C=O) groups is 1. The molecule has 1 amide bonds. The van der Waals surface area contributed by atoms with Gasteiger partial charge in [-0.1, -0.05) is 6.07 Å². The third-order valence-electron chi connectivity index (χ3n) is 4.18. The van der Waals surface area contributed by atoms with Gasteiger partial charge >= 0.3 is 0 Å². The first-order valence-electron chi connectivity index (χ1n) is 6.82. The van der Waals surface area contributed by atoms with Crippen LogP contribution in [0.25, 0.3) is 0 Å². The van der Waals surface area contributed by atoms with E-state index >= 15 is 0 Å². The fourth-order valence-electron chi connectivity index (χ4n) is 3.17. The minimum Gasteiger partial charge on any atom is -0.353 e. The van der Waals surface area contributed by atoms with Gasteiger partial charge < -0.3 is 10.6 Å². The van der Waals surface area contributed by atoms with Gasteiger partial charge in [-0.3, -0.25) is 4.79 Å². The zero-order chi connectivity index (χ0) is 12.5. The molecular weight excluding hydrogens is 244 g/mol. The van der Waals surface area contributed by atoms with Gasteiger partial charge in [0.05, 0.1) is 5.92 Å². The van der Waals surface area contributed by atoms with Crippen molar-refractivity contribution in [3.63, 3.8) is 0 Å². The van der Waals surface area contributed by atoms with Gasteiger partial charge in [0.2, 0.25) is 5.91 Å². The minimum absolute atomic E-state index is 0.0162. The van der Waals surface area contributed by atoms with Gasteiger partial charge in [-0.2, -0.15) is 0 Å². The van der Waals surface area contributed by atoms with Gasteiger partial charge in [0, 0.05) is 23.0 Å². The van der Waals surface area contributed by atoms with Crippen LogP contribution in [0.3, 0.4) is 0 Å². The monoisotopic (exact) mass is 264 g/mol. The SMILES string of the molecule is CC(C(=O)NC1CC2CCC(C1)N2)c1cccs1. The summed E-state index contributed by atoms with van der Waals surface area (Å²) >= 11 is 1.66. The fourth-order valence-corrected chi connectivity index (χ4v) is 3.95. The molecule has 2 fully saturated rings. The van der Waals surface area contributed by atoms with Gasteiger partial charge in [0.15, 0.2) is 0 Å². The average Bonchev–Trinajstić information content (AvgIpc) is 2.98. The Morgan fingerprint density at radius 2 is 2.17 bits per heavy atom. The molecule has 2 bridgehead atoms. The first-order chi connectivity index (χ1) is 8.72. The summed E-state index contributed by atoms with van der Waals surface area (Å²) in [5, 5.41) is 8.87. The normalized spacial score (nSPS) is 32.2. The molecule has 3 atom stereocenters. The van der Waals surface area contributed by atoms with Gasteiger partial charge in [0.25, 0.3) is 0 Å². The quantitative estimate of drug-likeness (QED) is 0.879. The van der Waals surface area contributed by atoms with Crippen LogP contribution in [-0.4, -0.2) is 24.0 Å². The second-order valence-electron chi connectivity index (χ2n) is 5.55.